The maximum atomic E-state index is 12.1. The van der Waals surface area contributed by atoms with Crippen LogP contribution in [0.4, 0.5) is 11.4 Å². The summed E-state index contributed by atoms with van der Waals surface area (Å²) in [4.78, 5) is 24.2. The van der Waals surface area contributed by atoms with Crippen molar-refractivity contribution in [2.24, 2.45) is 0 Å². The molecular formula is C19H20BrN3O2. The molecule has 0 heterocycles. The summed E-state index contributed by atoms with van der Waals surface area (Å²) in [7, 11) is 0. The van der Waals surface area contributed by atoms with E-state index >= 15 is 0 Å². The fourth-order valence-corrected chi connectivity index (χ4v) is 2.92. The van der Waals surface area contributed by atoms with Crippen molar-refractivity contribution in [3.63, 3.8) is 0 Å². The first-order valence-corrected chi connectivity index (χ1v) is 9.01. The molecule has 2 aromatic carbocycles. The summed E-state index contributed by atoms with van der Waals surface area (Å²) in [5.74, 6) is -0.260. The van der Waals surface area contributed by atoms with Crippen molar-refractivity contribution in [2.75, 3.05) is 17.2 Å². The number of aryl methyl sites for hydroxylation is 1. The summed E-state index contributed by atoms with van der Waals surface area (Å²) in [6, 6.07) is 13.1. The second-order valence-corrected chi connectivity index (χ2v) is 7.11. The molecule has 0 saturated heterocycles. The van der Waals surface area contributed by atoms with E-state index in [0.717, 1.165) is 28.6 Å². The average molecular weight is 402 g/mol. The van der Waals surface area contributed by atoms with E-state index < -0.39 is 0 Å². The summed E-state index contributed by atoms with van der Waals surface area (Å²) in [5, 5.41) is 8.88. The zero-order valence-corrected chi connectivity index (χ0v) is 15.5. The van der Waals surface area contributed by atoms with Gasteiger partial charge in [-0.25, -0.2) is 0 Å². The number of carbonyl (C=O) groups excluding carboxylic acids is 2. The molecule has 5 nitrogen and oxygen atoms in total. The van der Waals surface area contributed by atoms with E-state index in [-0.39, 0.29) is 18.4 Å². The Morgan fingerprint density at radius 3 is 2.68 bits per heavy atom. The van der Waals surface area contributed by atoms with Crippen LogP contribution in [0.1, 0.15) is 28.8 Å². The third kappa shape index (κ3) is 5.06. The van der Waals surface area contributed by atoms with Crippen molar-refractivity contribution >= 4 is 39.1 Å². The van der Waals surface area contributed by atoms with Gasteiger partial charge in [0.2, 0.25) is 5.91 Å². The standard InChI is InChI=1S/C19H20BrN3O2/c1-12-9-14(20)5-8-17(12)21-11-18(24)22-16-4-2-3-13(10-16)19(25)23-15-6-7-15/h2-5,8-10,15,21H,6-7,11H2,1H3,(H,22,24)(H,23,25). The van der Waals surface area contributed by atoms with Gasteiger partial charge < -0.3 is 16.0 Å². The van der Waals surface area contributed by atoms with Crippen LogP contribution in [-0.4, -0.2) is 24.4 Å². The lowest BCUT2D eigenvalue weighted by molar-refractivity contribution is -0.114. The van der Waals surface area contributed by atoms with Crippen LogP contribution in [-0.2, 0) is 4.79 Å². The number of anilines is 2. The number of rotatable bonds is 6. The van der Waals surface area contributed by atoms with Crippen molar-refractivity contribution < 1.29 is 9.59 Å². The highest BCUT2D eigenvalue weighted by atomic mass is 79.9. The molecule has 3 N–H and O–H groups in total. The lowest BCUT2D eigenvalue weighted by Crippen LogP contribution is -2.26. The van der Waals surface area contributed by atoms with Crippen LogP contribution in [0.15, 0.2) is 46.9 Å². The van der Waals surface area contributed by atoms with Crippen molar-refractivity contribution in [1.82, 2.24) is 5.32 Å². The Morgan fingerprint density at radius 1 is 1.16 bits per heavy atom. The smallest absolute Gasteiger partial charge is 0.251 e. The topological polar surface area (TPSA) is 70.2 Å². The van der Waals surface area contributed by atoms with Gasteiger partial charge in [0.05, 0.1) is 6.54 Å². The lowest BCUT2D eigenvalue weighted by atomic mass is 10.2. The van der Waals surface area contributed by atoms with Gasteiger partial charge in [0.15, 0.2) is 0 Å². The van der Waals surface area contributed by atoms with Crippen LogP contribution in [0.5, 0.6) is 0 Å². The Bertz CT molecular complexity index is 803. The molecule has 3 rings (SSSR count). The Labute approximate surface area is 155 Å². The van der Waals surface area contributed by atoms with Crippen molar-refractivity contribution in [3.8, 4) is 0 Å². The van der Waals surface area contributed by atoms with Gasteiger partial charge >= 0.3 is 0 Å². The number of amides is 2. The van der Waals surface area contributed by atoms with Crippen LogP contribution in [0, 0.1) is 6.92 Å². The quantitative estimate of drug-likeness (QED) is 0.690. The minimum atomic E-state index is -0.165. The fraction of sp³-hybridized carbons (Fsp3) is 0.263. The predicted molar refractivity (Wildman–Crippen MR) is 103 cm³/mol. The molecule has 1 aliphatic carbocycles. The van der Waals surface area contributed by atoms with Gasteiger partial charge in [0.1, 0.15) is 0 Å². The molecule has 2 amide bonds. The summed E-state index contributed by atoms with van der Waals surface area (Å²) >= 11 is 3.42. The van der Waals surface area contributed by atoms with E-state index in [1.54, 1.807) is 24.3 Å². The minimum Gasteiger partial charge on any atom is -0.376 e. The molecule has 0 aromatic heterocycles. The van der Waals surface area contributed by atoms with Gasteiger partial charge in [0.25, 0.3) is 5.91 Å². The molecular weight excluding hydrogens is 382 g/mol. The Morgan fingerprint density at radius 2 is 1.96 bits per heavy atom. The molecule has 1 aliphatic rings. The highest BCUT2D eigenvalue weighted by molar-refractivity contribution is 9.10. The van der Waals surface area contributed by atoms with Crippen LogP contribution in [0.2, 0.25) is 0 Å². The van der Waals surface area contributed by atoms with E-state index in [4.69, 9.17) is 0 Å². The first kappa shape index (κ1) is 17.5. The summed E-state index contributed by atoms with van der Waals surface area (Å²) in [5.41, 5.74) is 3.14. The Kier molecular flexibility index (Phi) is 5.38. The van der Waals surface area contributed by atoms with Gasteiger partial charge in [-0.3, -0.25) is 9.59 Å². The minimum absolute atomic E-state index is 0.0952. The monoisotopic (exact) mass is 401 g/mol. The maximum Gasteiger partial charge on any atom is 0.251 e. The molecule has 0 aliphatic heterocycles. The van der Waals surface area contributed by atoms with Crippen LogP contribution in [0.25, 0.3) is 0 Å². The third-order valence-corrected chi connectivity index (χ3v) is 4.44. The third-order valence-electron chi connectivity index (χ3n) is 3.95. The van der Waals surface area contributed by atoms with Gasteiger partial charge in [0, 0.05) is 27.5 Å². The first-order chi connectivity index (χ1) is 12.0. The molecule has 25 heavy (non-hydrogen) atoms. The van der Waals surface area contributed by atoms with E-state index in [1.807, 2.05) is 25.1 Å². The summed E-state index contributed by atoms with van der Waals surface area (Å²) in [6.45, 7) is 2.13. The van der Waals surface area contributed by atoms with Crippen LogP contribution < -0.4 is 16.0 Å². The molecule has 0 radical (unpaired) electrons. The number of hydrogen-bond donors (Lipinski definition) is 3. The molecule has 1 saturated carbocycles. The normalized spacial score (nSPS) is 13.2. The molecule has 2 aromatic rings. The number of benzene rings is 2. The molecule has 1 fully saturated rings. The highest BCUT2D eigenvalue weighted by Crippen LogP contribution is 2.21. The number of hydrogen-bond acceptors (Lipinski definition) is 3. The second-order valence-electron chi connectivity index (χ2n) is 6.19. The van der Waals surface area contributed by atoms with Gasteiger partial charge in [-0.15, -0.1) is 0 Å². The first-order valence-electron chi connectivity index (χ1n) is 8.22. The summed E-state index contributed by atoms with van der Waals surface area (Å²) in [6.07, 6.45) is 2.09. The molecule has 6 heteroatoms. The zero-order valence-electron chi connectivity index (χ0n) is 13.9. The average Bonchev–Trinajstić information content (AvgIpc) is 3.38. The van der Waals surface area contributed by atoms with E-state index in [9.17, 15) is 9.59 Å². The van der Waals surface area contributed by atoms with Gasteiger partial charge in [-0.1, -0.05) is 22.0 Å². The van der Waals surface area contributed by atoms with Crippen LogP contribution >= 0.6 is 15.9 Å². The van der Waals surface area contributed by atoms with Gasteiger partial charge in [-0.05, 0) is 61.7 Å². The summed E-state index contributed by atoms with van der Waals surface area (Å²) < 4.78 is 1.00. The van der Waals surface area contributed by atoms with Crippen LogP contribution in [0.3, 0.4) is 0 Å². The zero-order chi connectivity index (χ0) is 17.8. The maximum absolute atomic E-state index is 12.1. The SMILES string of the molecule is Cc1cc(Br)ccc1NCC(=O)Nc1cccc(C(=O)NC2CC2)c1. The van der Waals surface area contributed by atoms with E-state index in [0.29, 0.717) is 17.3 Å². The molecule has 130 valence electrons. The van der Waals surface area contributed by atoms with E-state index in [2.05, 4.69) is 31.9 Å². The largest absolute Gasteiger partial charge is 0.376 e. The van der Waals surface area contributed by atoms with E-state index in [1.165, 1.54) is 0 Å². The fourth-order valence-electron chi connectivity index (χ4n) is 2.44. The lowest BCUT2D eigenvalue weighted by Gasteiger charge is -2.11. The Balaban J connectivity index is 1.56. The molecule has 0 bridgehead atoms. The highest BCUT2D eigenvalue weighted by Gasteiger charge is 2.23. The molecule has 0 unspecified atom stereocenters. The van der Waals surface area contributed by atoms with Crippen molar-refractivity contribution in [2.45, 2.75) is 25.8 Å². The molecule has 0 atom stereocenters. The van der Waals surface area contributed by atoms with Gasteiger partial charge in [-0.2, -0.15) is 0 Å². The number of nitrogens with one attached hydrogen (secondary N) is 3. The number of carbonyl (C=O) groups is 2. The van der Waals surface area contributed by atoms with Crippen molar-refractivity contribution in [3.05, 3.63) is 58.1 Å². The van der Waals surface area contributed by atoms with Crippen molar-refractivity contribution in [1.29, 1.82) is 0 Å². The Hall–Kier alpha value is -2.34. The molecule has 0 spiro atoms. The second kappa shape index (κ2) is 7.70. The predicted octanol–water partition coefficient (Wildman–Crippen LogP) is 3.70. The number of halogens is 1.